The van der Waals surface area contributed by atoms with E-state index in [9.17, 15) is 0 Å². The Hall–Kier alpha value is 0.430. The van der Waals surface area contributed by atoms with Crippen LogP contribution in [0.25, 0.3) is 0 Å². The van der Waals surface area contributed by atoms with Gasteiger partial charge in [-0.3, -0.25) is 4.52 Å². The zero-order valence-corrected chi connectivity index (χ0v) is 12.4. The third-order valence-electron chi connectivity index (χ3n) is 1.85. The smallest absolute Gasteiger partial charge is 0.297 e. The first-order valence-electron chi connectivity index (χ1n) is 4.37. The van der Waals surface area contributed by atoms with Gasteiger partial charge in [0.2, 0.25) is 0 Å². The number of nitrogens with zero attached hydrogens (tertiary/aromatic N) is 3. The maximum absolute atomic E-state index is 5.74. The third kappa shape index (κ3) is 3.74. The van der Waals surface area contributed by atoms with Crippen LogP contribution in [0.1, 0.15) is 0 Å². The van der Waals surface area contributed by atoms with Gasteiger partial charge in [0.25, 0.3) is 0 Å². The molecule has 0 aromatic carbocycles. The van der Waals surface area contributed by atoms with E-state index in [4.69, 9.17) is 27.7 Å². The maximum Gasteiger partial charge on any atom is 0.415 e. The molecule has 0 aliphatic heterocycles. The zero-order valence-electron chi connectivity index (χ0n) is 10.0. The highest BCUT2D eigenvalue weighted by atomic mass is 35.5. The van der Waals surface area contributed by atoms with Crippen molar-refractivity contribution in [2.24, 2.45) is 0 Å². The van der Waals surface area contributed by atoms with Gasteiger partial charge in [-0.2, -0.15) is 0 Å². The SMILES string of the molecule is CN(C)[P+](OC=C(Cl)Cl)(N(C)C)N(C)C. The van der Waals surface area contributed by atoms with E-state index in [0.29, 0.717) is 0 Å². The van der Waals surface area contributed by atoms with Gasteiger partial charge in [0, 0.05) is 42.3 Å². The van der Waals surface area contributed by atoms with E-state index in [1.54, 1.807) is 0 Å². The topological polar surface area (TPSA) is 19.0 Å². The van der Waals surface area contributed by atoms with Gasteiger partial charge in [-0.15, -0.1) is 14.0 Å². The molecule has 0 saturated carbocycles. The monoisotopic (exact) mass is 274 g/mol. The Morgan fingerprint density at radius 3 is 1.47 bits per heavy atom. The third-order valence-corrected chi connectivity index (χ3v) is 5.54. The molecule has 90 valence electrons. The summed E-state index contributed by atoms with van der Waals surface area (Å²) >= 11 is 11.1. The summed E-state index contributed by atoms with van der Waals surface area (Å²) in [5.41, 5.74) is 0. The molecule has 0 amide bonds. The maximum atomic E-state index is 5.74. The van der Waals surface area contributed by atoms with Crippen LogP contribution in [0.3, 0.4) is 0 Å². The van der Waals surface area contributed by atoms with Crippen molar-refractivity contribution in [3.8, 4) is 0 Å². The van der Waals surface area contributed by atoms with Crippen LogP contribution < -0.4 is 0 Å². The molecule has 7 heteroatoms. The Morgan fingerprint density at radius 2 is 1.27 bits per heavy atom. The lowest BCUT2D eigenvalue weighted by Crippen LogP contribution is -2.36. The minimum absolute atomic E-state index is 0.116. The molecule has 0 rings (SSSR count). The van der Waals surface area contributed by atoms with Crippen molar-refractivity contribution in [3.63, 3.8) is 0 Å². The van der Waals surface area contributed by atoms with Crippen molar-refractivity contribution >= 4 is 31.1 Å². The molecule has 0 bridgehead atoms. The zero-order chi connectivity index (χ0) is 12.2. The summed E-state index contributed by atoms with van der Waals surface area (Å²) in [6.45, 7) is 0. The molecule has 0 heterocycles. The predicted molar refractivity (Wildman–Crippen MR) is 68.9 cm³/mol. The molecule has 0 aliphatic carbocycles. The van der Waals surface area contributed by atoms with Crippen LogP contribution in [-0.2, 0) is 4.52 Å². The normalized spacial score (nSPS) is 12.5. The molecule has 0 radical (unpaired) electrons. The van der Waals surface area contributed by atoms with Crippen molar-refractivity contribution in [1.29, 1.82) is 0 Å². The second-order valence-electron chi connectivity index (χ2n) is 3.57. The Morgan fingerprint density at radius 1 is 0.933 bits per heavy atom. The second kappa shape index (κ2) is 6.24. The molecule has 0 N–H and O–H groups in total. The summed E-state index contributed by atoms with van der Waals surface area (Å²) in [6, 6.07) is 0. The lowest BCUT2D eigenvalue weighted by atomic mass is 11.2. The van der Waals surface area contributed by atoms with Crippen LogP contribution in [0.4, 0.5) is 0 Å². The van der Waals surface area contributed by atoms with E-state index < -0.39 is 7.94 Å². The minimum Gasteiger partial charge on any atom is -0.297 e. The van der Waals surface area contributed by atoms with E-state index >= 15 is 0 Å². The molecule has 4 nitrogen and oxygen atoms in total. The fraction of sp³-hybridized carbons (Fsp3) is 0.750. The van der Waals surface area contributed by atoms with Crippen LogP contribution in [0.5, 0.6) is 0 Å². The number of hydrogen-bond donors (Lipinski definition) is 0. The minimum atomic E-state index is -2.01. The van der Waals surface area contributed by atoms with Crippen LogP contribution in [-0.4, -0.2) is 56.3 Å². The molecule has 0 atom stereocenters. The first kappa shape index (κ1) is 15.4. The first-order valence-corrected chi connectivity index (χ1v) is 6.69. The fourth-order valence-corrected chi connectivity index (χ4v) is 4.64. The fourth-order valence-electron chi connectivity index (χ4n) is 1.47. The van der Waals surface area contributed by atoms with Gasteiger partial charge in [-0.25, -0.2) is 0 Å². The Labute approximate surface area is 103 Å². The van der Waals surface area contributed by atoms with E-state index in [0.717, 1.165) is 0 Å². The number of halogens is 2. The summed E-state index contributed by atoms with van der Waals surface area (Å²) in [5, 5.41) is 0. The van der Waals surface area contributed by atoms with Crippen LogP contribution >= 0.6 is 31.1 Å². The second-order valence-corrected chi connectivity index (χ2v) is 8.21. The highest BCUT2D eigenvalue weighted by molar-refractivity contribution is 7.64. The molecule has 15 heavy (non-hydrogen) atoms. The van der Waals surface area contributed by atoms with Gasteiger partial charge in [0.1, 0.15) is 4.49 Å². The largest absolute Gasteiger partial charge is 0.415 e. The molecule has 0 aliphatic rings. The molecular formula is C8H19Cl2N3OP+. The molecule has 0 saturated heterocycles. The van der Waals surface area contributed by atoms with Gasteiger partial charge >= 0.3 is 7.94 Å². The number of hydrogen-bond acceptors (Lipinski definition) is 4. The van der Waals surface area contributed by atoms with Crippen LogP contribution in [0, 0.1) is 0 Å². The molecule has 0 aromatic heterocycles. The van der Waals surface area contributed by atoms with Gasteiger partial charge in [-0.1, -0.05) is 23.2 Å². The summed E-state index contributed by atoms with van der Waals surface area (Å²) < 4.78 is 11.9. The Balaban J connectivity index is 5.06. The van der Waals surface area contributed by atoms with Crippen molar-refractivity contribution < 1.29 is 4.52 Å². The van der Waals surface area contributed by atoms with Crippen molar-refractivity contribution in [1.82, 2.24) is 14.0 Å². The number of rotatable bonds is 5. The summed E-state index contributed by atoms with van der Waals surface area (Å²) in [6.07, 6.45) is 1.37. The Bertz CT molecular complexity index is 208. The average molecular weight is 275 g/mol. The standard InChI is InChI=1S/C8H19Cl2N3OP/c1-11(2)15(12(3)4,13(5)6)14-7-8(9)10/h7H,1-6H3/q+1. The van der Waals surface area contributed by atoms with Crippen LogP contribution in [0.15, 0.2) is 10.8 Å². The first-order chi connectivity index (χ1) is 6.75. The molecule has 0 fully saturated rings. The highest BCUT2D eigenvalue weighted by Crippen LogP contribution is 2.64. The summed E-state index contributed by atoms with van der Waals surface area (Å²) in [5.74, 6) is 0. The highest BCUT2D eigenvalue weighted by Gasteiger charge is 2.51. The van der Waals surface area contributed by atoms with E-state index in [1.165, 1.54) is 6.26 Å². The van der Waals surface area contributed by atoms with Gasteiger partial charge < -0.3 is 0 Å². The predicted octanol–water partition coefficient (Wildman–Crippen LogP) is 2.64. The summed E-state index contributed by atoms with van der Waals surface area (Å²) in [4.78, 5) is 0. The van der Waals surface area contributed by atoms with E-state index in [1.807, 2.05) is 56.3 Å². The summed E-state index contributed by atoms with van der Waals surface area (Å²) in [7, 11) is 9.76. The Kier molecular flexibility index (Phi) is 6.41. The molecule has 0 aromatic rings. The van der Waals surface area contributed by atoms with E-state index in [2.05, 4.69) is 0 Å². The van der Waals surface area contributed by atoms with Crippen molar-refractivity contribution in [2.45, 2.75) is 0 Å². The van der Waals surface area contributed by atoms with Gasteiger partial charge in [0.15, 0.2) is 6.26 Å². The van der Waals surface area contributed by atoms with Crippen LogP contribution in [0.2, 0.25) is 0 Å². The van der Waals surface area contributed by atoms with Gasteiger partial charge in [-0.05, 0) is 0 Å². The molecular weight excluding hydrogens is 256 g/mol. The average Bonchev–Trinajstić information content (AvgIpc) is 2.02. The quantitative estimate of drug-likeness (QED) is 0.567. The molecule has 0 spiro atoms. The van der Waals surface area contributed by atoms with Gasteiger partial charge in [0.05, 0.1) is 0 Å². The molecule has 0 unspecified atom stereocenters. The van der Waals surface area contributed by atoms with Crippen molar-refractivity contribution in [2.75, 3.05) is 42.3 Å². The van der Waals surface area contributed by atoms with E-state index in [-0.39, 0.29) is 4.49 Å². The van der Waals surface area contributed by atoms with Crippen molar-refractivity contribution in [3.05, 3.63) is 10.8 Å². The lowest BCUT2D eigenvalue weighted by molar-refractivity contribution is 0.320. The lowest BCUT2D eigenvalue weighted by Gasteiger charge is -2.35.